The number of amides is 1. The summed E-state index contributed by atoms with van der Waals surface area (Å²) in [5.41, 5.74) is 1.51. The van der Waals surface area contributed by atoms with Crippen LogP contribution in [0.5, 0.6) is 0 Å². The number of hydrogen-bond donors (Lipinski definition) is 1. The van der Waals surface area contributed by atoms with E-state index in [1.54, 1.807) is 11.1 Å². The van der Waals surface area contributed by atoms with E-state index in [4.69, 9.17) is 0 Å². The first kappa shape index (κ1) is 16.5. The van der Waals surface area contributed by atoms with Gasteiger partial charge in [0.15, 0.2) is 5.01 Å². The van der Waals surface area contributed by atoms with E-state index >= 15 is 0 Å². The fraction of sp³-hybridized carbons (Fsp3) is 0.125. The summed E-state index contributed by atoms with van der Waals surface area (Å²) in [6.45, 7) is 0.179. The summed E-state index contributed by atoms with van der Waals surface area (Å²) in [6.07, 6.45) is 1.71. The van der Waals surface area contributed by atoms with Crippen molar-refractivity contribution in [2.75, 3.05) is 23.8 Å². The average Bonchev–Trinajstić information content (AvgIpc) is 3.08. The lowest BCUT2D eigenvalue weighted by molar-refractivity contribution is -0.114. The SMILES string of the molecule is CN(CC(=O)Nc1ccccc1Br)c1nnc(-c2ccccn2)s1. The van der Waals surface area contributed by atoms with Crippen molar-refractivity contribution in [3.8, 4) is 10.7 Å². The molecule has 2 aromatic heterocycles. The first-order valence-electron chi connectivity index (χ1n) is 7.14. The second-order valence-corrected chi connectivity index (χ2v) is 6.80. The molecular weight excluding hydrogens is 390 g/mol. The molecule has 122 valence electrons. The molecule has 3 rings (SSSR count). The van der Waals surface area contributed by atoms with Gasteiger partial charge in [0.1, 0.15) is 5.69 Å². The van der Waals surface area contributed by atoms with Crippen molar-refractivity contribution < 1.29 is 4.79 Å². The Bertz CT molecular complexity index is 839. The van der Waals surface area contributed by atoms with Crippen molar-refractivity contribution >= 4 is 44.0 Å². The molecule has 2 heterocycles. The van der Waals surface area contributed by atoms with Crippen LogP contribution < -0.4 is 10.2 Å². The Hall–Kier alpha value is -2.32. The quantitative estimate of drug-likeness (QED) is 0.706. The van der Waals surface area contributed by atoms with Gasteiger partial charge in [-0.1, -0.05) is 29.5 Å². The number of nitrogens with one attached hydrogen (secondary N) is 1. The van der Waals surface area contributed by atoms with E-state index in [0.717, 1.165) is 20.9 Å². The highest BCUT2D eigenvalue weighted by molar-refractivity contribution is 9.10. The van der Waals surface area contributed by atoms with E-state index in [9.17, 15) is 4.79 Å². The first-order chi connectivity index (χ1) is 11.6. The summed E-state index contributed by atoms with van der Waals surface area (Å²) >= 11 is 4.81. The Labute approximate surface area is 151 Å². The van der Waals surface area contributed by atoms with Crippen LogP contribution >= 0.6 is 27.3 Å². The zero-order valence-corrected chi connectivity index (χ0v) is 15.2. The third-order valence-electron chi connectivity index (χ3n) is 3.15. The Morgan fingerprint density at radius 2 is 2.00 bits per heavy atom. The molecule has 1 N–H and O–H groups in total. The van der Waals surface area contributed by atoms with Crippen LogP contribution in [0.3, 0.4) is 0 Å². The van der Waals surface area contributed by atoms with Crippen molar-refractivity contribution in [2.24, 2.45) is 0 Å². The average molecular weight is 404 g/mol. The van der Waals surface area contributed by atoms with E-state index in [1.807, 2.05) is 49.5 Å². The number of aromatic nitrogens is 3. The number of carbonyl (C=O) groups excluding carboxylic acids is 1. The van der Waals surface area contributed by atoms with Gasteiger partial charge in [0.05, 0.1) is 12.2 Å². The number of carbonyl (C=O) groups is 1. The summed E-state index contributed by atoms with van der Waals surface area (Å²) < 4.78 is 0.842. The predicted molar refractivity (Wildman–Crippen MR) is 99.2 cm³/mol. The standard InChI is InChI=1S/C16H14BrN5OS/c1-22(10-14(23)19-12-7-3-2-6-11(12)17)16-21-20-15(24-16)13-8-4-5-9-18-13/h2-9H,10H2,1H3,(H,19,23). The monoisotopic (exact) mass is 403 g/mol. The maximum Gasteiger partial charge on any atom is 0.243 e. The second kappa shape index (κ2) is 7.50. The van der Waals surface area contributed by atoms with Gasteiger partial charge in [0.2, 0.25) is 11.0 Å². The summed E-state index contributed by atoms with van der Waals surface area (Å²) in [6, 6.07) is 13.1. The molecule has 3 aromatic rings. The van der Waals surface area contributed by atoms with Crippen LogP contribution in [0.15, 0.2) is 53.1 Å². The van der Waals surface area contributed by atoms with Crippen molar-refractivity contribution in [2.45, 2.75) is 0 Å². The number of anilines is 2. The van der Waals surface area contributed by atoms with Gasteiger partial charge in [0.25, 0.3) is 0 Å². The maximum absolute atomic E-state index is 12.2. The van der Waals surface area contributed by atoms with E-state index in [1.165, 1.54) is 11.3 Å². The number of para-hydroxylation sites is 1. The minimum absolute atomic E-state index is 0.126. The van der Waals surface area contributed by atoms with Gasteiger partial charge in [-0.25, -0.2) is 0 Å². The molecule has 1 aromatic carbocycles. The smallest absolute Gasteiger partial charge is 0.243 e. The number of benzene rings is 1. The lowest BCUT2D eigenvalue weighted by atomic mass is 10.3. The zero-order valence-electron chi connectivity index (χ0n) is 12.8. The lowest BCUT2D eigenvalue weighted by Crippen LogP contribution is -2.30. The van der Waals surface area contributed by atoms with E-state index < -0.39 is 0 Å². The molecule has 0 aliphatic heterocycles. The van der Waals surface area contributed by atoms with Gasteiger partial charge in [-0.15, -0.1) is 10.2 Å². The third-order valence-corrected chi connectivity index (χ3v) is 4.91. The molecule has 6 nitrogen and oxygen atoms in total. The molecule has 0 aliphatic rings. The van der Waals surface area contributed by atoms with E-state index in [-0.39, 0.29) is 12.5 Å². The molecule has 0 atom stereocenters. The molecule has 0 aliphatic carbocycles. The van der Waals surface area contributed by atoms with Gasteiger partial charge in [0, 0.05) is 17.7 Å². The second-order valence-electron chi connectivity index (χ2n) is 4.99. The van der Waals surface area contributed by atoms with Crippen LogP contribution in [-0.4, -0.2) is 34.7 Å². The van der Waals surface area contributed by atoms with Crippen LogP contribution in [0, 0.1) is 0 Å². The normalized spacial score (nSPS) is 10.4. The van der Waals surface area contributed by atoms with Crippen LogP contribution in [0.2, 0.25) is 0 Å². The highest BCUT2D eigenvalue weighted by Crippen LogP contribution is 2.26. The molecule has 24 heavy (non-hydrogen) atoms. The molecule has 0 saturated heterocycles. The summed E-state index contributed by atoms with van der Waals surface area (Å²) in [7, 11) is 1.81. The summed E-state index contributed by atoms with van der Waals surface area (Å²) in [5, 5.41) is 12.5. The lowest BCUT2D eigenvalue weighted by Gasteiger charge is -2.15. The van der Waals surface area contributed by atoms with Crippen molar-refractivity contribution in [1.82, 2.24) is 15.2 Å². The van der Waals surface area contributed by atoms with Crippen molar-refractivity contribution in [3.05, 3.63) is 53.1 Å². The number of likely N-dealkylation sites (N-methyl/N-ethyl adjacent to an activating group) is 1. The number of halogens is 1. The van der Waals surface area contributed by atoms with Crippen molar-refractivity contribution in [3.63, 3.8) is 0 Å². The molecule has 0 radical (unpaired) electrons. The molecular formula is C16H14BrN5OS. The molecule has 0 saturated carbocycles. The highest BCUT2D eigenvalue weighted by Gasteiger charge is 2.14. The van der Waals surface area contributed by atoms with E-state index in [0.29, 0.717) is 5.13 Å². The minimum Gasteiger partial charge on any atom is -0.340 e. The van der Waals surface area contributed by atoms with Gasteiger partial charge in [-0.05, 0) is 40.2 Å². The molecule has 0 bridgehead atoms. The van der Waals surface area contributed by atoms with Crippen LogP contribution in [0.1, 0.15) is 0 Å². The first-order valence-corrected chi connectivity index (χ1v) is 8.75. The number of pyridine rings is 1. The molecule has 1 amide bonds. The predicted octanol–water partition coefficient (Wildman–Crippen LogP) is 3.44. The zero-order chi connectivity index (χ0) is 16.9. The Balaban J connectivity index is 1.65. The third kappa shape index (κ3) is 3.95. The Morgan fingerprint density at radius 3 is 2.75 bits per heavy atom. The fourth-order valence-corrected chi connectivity index (χ4v) is 3.16. The highest BCUT2D eigenvalue weighted by atomic mass is 79.9. The van der Waals surface area contributed by atoms with Crippen LogP contribution in [0.4, 0.5) is 10.8 Å². The topological polar surface area (TPSA) is 71.0 Å². The Kier molecular flexibility index (Phi) is 5.17. The summed E-state index contributed by atoms with van der Waals surface area (Å²) in [5.74, 6) is -0.126. The molecule has 0 unspecified atom stereocenters. The molecule has 0 fully saturated rings. The number of nitrogens with zero attached hydrogens (tertiary/aromatic N) is 4. The molecule has 8 heteroatoms. The summed E-state index contributed by atoms with van der Waals surface area (Å²) in [4.78, 5) is 18.2. The van der Waals surface area contributed by atoms with Gasteiger partial charge in [-0.3, -0.25) is 9.78 Å². The van der Waals surface area contributed by atoms with Gasteiger partial charge < -0.3 is 10.2 Å². The van der Waals surface area contributed by atoms with Gasteiger partial charge in [-0.2, -0.15) is 0 Å². The maximum atomic E-state index is 12.2. The van der Waals surface area contributed by atoms with Crippen LogP contribution in [-0.2, 0) is 4.79 Å². The Morgan fingerprint density at radius 1 is 1.21 bits per heavy atom. The van der Waals surface area contributed by atoms with Gasteiger partial charge >= 0.3 is 0 Å². The molecule has 0 spiro atoms. The minimum atomic E-state index is -0.126. The number of hydrogen-bond acceptors (Lipinski definition) is 6. The fourth-order valence-electron chi connectivity index (χ4n) is 2.00. The largest absolute Gasteiger partial charge is 0.340 e. The number of rotatable bonds is 5. The van der Waals surface area contributed by atoms with E-state index in [2.05, 4.69) is 36.4 Å². The van der Waals surface area contributed by atoms with Crippen molar-refractivity contribution in [1.29, 1.82) is 0 Å². The van der Waals surface area contributed by atoms with Crippen LogP contribution in [0.25, 0.3) is 10.7 Å².